The summed E-state index contributed by atoms with van der Waals surface area (Å²) in [4.78, 5) is 27.6. The van der Waals surface area contributed by atoms with Crippen LogP contribution in [0.3, 0.4) is 0 Å². The summed E-state index contributed by atoms with van der Waals surface area (Å²) in [6, 6.07) is 0. The quantitative estimate of drug-likeness (QED) is 0.872. The molecule has 1 aliphatic rings. The van der Waals surface area contributed by atoms with Gasteiger partial charge in [-0.15, -0.1) is 11.3 Å². The minimum Gasteiger partial charge on any atom is -0.481 e. The Morgan fingerprint density at radius 2 is 2.05 bits per heavy atom. The van der Waals surface area contributed by atoms with Crippen LogP contribution in [0.1, 0.15) is 50.7 Å². The number of thiazole rings is 1. The van der Waals surface area contributed by atoms with Crippen molar-refractivity contribution in [1.29, 1.82) is 0 Å². The van der Waals surface area contributed by atoms with Crippen LogP contribution >= 0.6 is 11.3 Å². The number of nitrogens with zero attached hydrogens (tertiary/aromatic N) is 1. The first-order chi connectivity index (χ1) is 10.3. The maximum atomic E-state index is 12.0. The molecule has 1 aromatic rings. The van der Waals surface area contributed by atoms with Gasteiger partial charge in [-0.1, -0.05) is 20.8 Å². The number of carboxylic acids is 1. The molecule has 1 aliphatic carbocycles. The molecule has 2 atom stereocenters. The lowest BCUT2D eigenvalue weighted by Gasteiger charge is -2.14. The fourth-order valence-electron chi connectivity index (χ4n) is 2.65. The van der Waals surface area contributed by atoms with E-state index >= 15 is 0 Å². The molecule has 2 rings (SSSR count). The molecule has 1 aromatic heterocycles. The second-order valence-corrected chi connectivity index (χ2v) is 7.91. The average Bonchev–Trinajstić information content (AvgIpc) is 3.07. The first kappa shape index (κ1) is 16.9. The van der Waals surface area contributed by atoms with E-state index in [1.807, 2.05) is 0 Å². The number of nitrogens with one attached hydrogen (secondary N) is 1. The van der Waals surface area contributed by atoms with Crippen molar-refractivity contribution in [2.75, 3.05) is 6.54 Å². The molecule has 1 heterocycles. The highest BCUT2D eigenvalue weighted by atomic mass is 32.1. The van der Waals surface area contributed by atoms with Gasteiger partial charge in [0.25, 0.3) is 0 Å². The summed E-state index contributed by atoms with van der Waals surface area (Å²) in [5.74, 6) is -1.31. The SMILES string of the molecule is CC(C)(C)c1csc(CCNC(=O)[C@@H]2CC[C@H](C(=O)O)C2)n1. The number of carbonyl (C=O) groups is 2. The smallest absolute Gasteiger partial charge is 0.306 e. The number of aliphatic carboxylic acids is 1. The molecule has 0 aliphatic heterocycles. The van der Waals surface area contributed by atoms with Crippen LogP contribution in [0.15, 0.2) is 5.38 Å². The fourth-order valence-corrected chi connectivity index (χ4v) is 3.68. The van der Waals surface area contributed by atoms with Gasteiger partial charge in [-0.3, -0.25) is 9.59 Å². The molecule has 1 saturated carbocycles. The van der Waals surface area contributed by atoms with E-state index in [2.05, 4.69) is 36.5 Å². The molecule has 6 heteroatoms. The van der Waals surface area contributed by atoms with Gasteiger partial charge in [-0.25, -0.2) is 4.98 Å². The summed E-state index contributed by atoms with van der Waals surface area (Å²) >= 11 is 1.62. The maximum absolute atomic E-state index is 12.0. The van der Waals surface area contributed by atoms with Gasteiger partial charge in [0.1, 0.15) is 0 Å². The van der Waals surface area contributed by atoms with E-state index in [9.17, 15) is 9.59 Å². The first-order valence-corrected chi connectivity index (χ1v) is 8.60. The first-order valence-electron chi connectivity index (χ1n) is 7.73. The van der Waals surface area contributed by atoms with Crippen LogP contribution in [0.25, 0.3) is 0 Å². The van der Waals surface area contributed by atoms with Crippen molar-refractivity contribution in [3.05, 3.63) is 16.1 Å². The molecule has 0 bridgehead atoms. The zero-order valence-electron chi connectivity index (χ0n) is 13.4. The van der Waals surface area contributed by atoms with E-state index in [1.54, 1.807) is 11.3 Å². The Balaban J connectivity index is 1.76. The van der Waals surface area contributed by atoms with Gasteiger partial charge in [0.05, 0.1) is 16.6 Å². The Morgan fingerprint density at radius 3 is 2.59 bits per heavy atom. The van der Waals surface area contributed by atoms with Crippen LogP contribution in [0, 0.1) is 11.8 Å². The van der Waals surface area contributed by atoms with Crippen LogP contribution in [0.5, 0.6) is 0 Å². The molecule has 1 amide bonds. The standard InChI is InChI=1S/C16H24N2O3S/c1-16(2,3)12-9-22-13(18-12)6-7-17-14(19)10-4-5-11(8-10)15(20)21/h9-11H,4-8H2,1-3H3,(H,17,19)(H,20,21)/t10-,11+/m1/s1. The number of hydrogen-bond acceptors (Lipinski definition) is 4. The Bertz CT molecular complexity index is 548. The molecule has 22 heavy (non-hydrogen) atoms. The van der Waals surface area contributed by atoms with E-state index in [0.29, 0.717) is 25.8 Å². The van der Waals surface area contributed by atoms with Crippen molar-refractivity contribution in [2.24, 2.45) is 11.8 Å². The van der Waals surface area contributed by atoms with Crippen molar-refractivity contribution < 1.29 is 14.7 Å². The Kier molecular flexibility index (Phi) is 5.21. The second kappa shape index (κ2) is 6.77. The zero-order chi connectivity index (χ0) is 16.3. The van der Waals surface area contributed by atoms with Crippen LogP contribution in [0.2, 0.25) is 0 Å². The molecule has 0 radical (unpaired) electrons. The summed E-state index contributed by atoms with van der Waals surface area (Å²) in [5, 5.41) is 15.0. The number of aromatic nitrogens is 1. The van der Waals surface area contributed by atoms with Crippen LogP contribution in [0.4, 0.5) is 0 Å². The van der Waals surface area contributed by atoms with Crippen molar-refractivity contribution in [3.8, 4) is 0 Å². The summed E-state index contributed by atoms with van der Waals surface area (Å²) in [5.41, 5.74) is 1.13. The number of carboxylic acid groups (broad SMARTS) is 1. The number of amides is 1. The predicted octanol–water partition coefficient (Wildman–Crippen LogP) is 2.60. The Hall–Kier alpha value is -1.43. The molecule has 2 N–H and O–H groups in total. The summed E-state index contributed by atoms with van der Waals surface area (Å²) in [6.45, 7) is 6.95. The topological polar surface area (TPSA) is 79.3 Å². The molecule has 0 unspecified atom stereocenters. The summed E-state index contributed by atoms with van der Waals surface area (Å²) in [7, 11) is 0. The molecule has 122 valence electrons. The van der Waals surface area contributed by atoms with Gasteiger partial charge in [-0.05, 0) is 19.3 Å². The van der Waals surface area contributed by atoms with Crippen molar-refractivity contribution in [2.45, 2.75) is 51.9 Å². The molecule has 0 saturated heterocycles. The number of hydrogen-bond donors (Lipinski definition) is 2. The third-order valence-corrected chi connectivity index (χ3v) is 5.02. The molecular formula is C16H24N2O3S. The van der Waals surface area contributed by atoms with Crippen molar-refractivity contribution in [1.82, 2.24) is 10.3 Å². The van der Waals surface area contributed by atoms with Gasteiger partial charge < -0.3 is 10.4 Å². The minimum absolute atomic E-state index is 0.0173. The highest BCUT2D eigenvalue weighted by Crippen LogP contribution is 2.31. The third kappa shape index (κ3) is 4.29. The Morgan fingerprint density at radius 1 is 1.36 bits per heavy atom. The maximum Gasteiger partial charge on any atom is 0.306 e. The fraction of sp³-hybridized carbons (Fsp3) is 0.688. The number of carbonyl (C=O) groups excluding carboxylic acids is 1. The summed E-state index contributed by atoms with van der Waals surface area (Å²) in [6.07, 6.45) is 2.47. The molecular weight excluding hydrogens is 300 g/mol. The third-order valence-electron chi connectivity index (χ3n) is 4.11. The highest BCUT2D eigenvalue weighted by Gasteiger charge is 2.33. The van der Waals surface area contributed by atoms with Crippen molar-refractivity contribution in [3.63, 3.8) is 0 Å². The van der Waals surface area contributed by atoms with Crippen LogP contribution in [-0.2, 0) is 21.4 Å². The molecule has 5 nitrogen and oxygen atoms in total. The van der Waals surface area contributed by atoms with E-state index in [1.165, 1.54) is 0 Å². The van der Waals surface area contributed by atoms with Gasteiger partial charge in [0, 0.05) is 29.7 Å². The molecule has 0 aromatic carbocycles. The van der Waals surface area contributed by atoms with Crippen LogP contribution < -0.4 is 5.32 Å². The van der Waals surface area contributed by atoms with Crippen LogP contribution in [-0.4, -0.2) is 28.5 Å². The monoisotopic (exact) mass is 324 g/mol. The molecule has 1 fully saturated rings. The second-order valence-electron chi connectivity index (χ2n) is 6.96. The van der Waals surface area contributed by atoms with Gasteiger partial charge in [0.2, 0.25) is 5.91 Å². The lowest BCUT2D eigenvalue weighted by molar-refractivity contribution is -0.141. The van der Waals surface area contributed by atoms with Gasteiger partial charge in [0.15, 0.2) is 0 Å². The predicted molar refractivity (Wildman–Crippen MR) is 86.0 cm³/mol. The summed E-state index contributed by atoms with van der Waals surface area (Å²) < 4.78 is 0. The lowest BCUT2D eigenvalue weighted by Crippen LogP contribution is -2.31. The average molecular weight is 324 g/mol. The normalized spacial score (nSPS) is 21.8. The zero-order valence-corrected chi connectivity index (χ0v) is 14.2. The van der Waals surface area contributed by atoms with E-state index in [0.717, 1.165) is 17.1 Å². The Labute approximate surface area is 135 Å². The van der Waals surface area contributed by atoms with E-state index < -0.39 is 5.97 Å². The lowest BCUT2D eigenvalue weighted by atomic mass is 9.93. The number of rotatable bonds is 5. The molecule has 0 spiro atoms. The minimum atomic E-state index is -0.784. The van der Waals surface area contributed by atoms with Gasteiger partial charge in [-0.2, -0.15) is 0 Å². The largest absolute Gasteiger partial charge is 0.481 e. The van der Waals surface area contributed by atoms with E-state index in [4.69, 9.17) is 5.11 Å². The highest BCUT2D eigenvalue weighted by molar-refractivity contribution is 7.09. The van der Waals surface area contributed by atoms with E-state index in [-0.39, 0.29) is 23.2 Å². The van der Waals surface area contributed by atoms with Gasteiger partial charge >= 0.3 is 5.97 Å². The van der Waals surface area contributed by atoms with Crippen molar-refractivity contribution >= 4 is 23.2 Å².